The van der Waals surface area contributed by atoms with Crippen molar-refractivity contribution in [3.05, 3.63) is 0 Å². The summed E-state index contributed by atoms with van der Waals surface area (Å²) in [4.78, 5) is 1.02. The normalized spacial score (nSPS) is 49.2. The molecule has 1 nitrogen and oxygen atoms in total. The van der Waals surface area contributed by atoms with E-state index in [0.29, 0.717) is 9.65 Å². The van der Waals surface area contributed by atoms with Gasteiger partial charge >= 0.3 is 0 Å². The summed E-state index contributed by atoms with van der Waals surface area (Å²) in [5.41, 5.74) is 0. The van der Waals surface area contributed by atoms with Gasteiger partial charge in [-0.3, -0.25) is 0 Å². The summed E-state index contributed by atoms with van der Waals surface area (Å²) in [6, 6.07) is 0. The van der Waals surface area contributed by atoms with E-state index in [0.717, 1.165) is 12.8 Å². The van der Waals surface area contributed by atoms with Crippen molar-refractivity contribution in [2.45, 2.75) is 33.4 Å². The van der Waals surface area contributed by atoms with Gasteiger partial charge in [0.2, 0.25) is 0 Å². The van der Waals surface area contributed by atoms with E-state index < -0.39 is 0 Å². The molecule has 1 saturated carbocycles. The molecule has 60 valence electrons. The average molecular weight is 337 g/mol. The number of aliphatic hydroxyl groups is 1. The maximum absolute atomic E-state index is 9.37. The number of aliphatic hydroxyl groups excluding tert-OH is 1. The van der Waals surface area contributed by atoms with Gasteiger partial charge in [-0.15, -0.1) is 0 Å². The molecule has 0 bridgehead atoms. The van der Waals surface area contributed by atoms with Gasteiger partial charge in [-0.1, -0.05) is 47.8 Å². The molecule has 1 rings (SSSR count). The molecular formula is C6H9Br3O. The van der Waals surface area contributed by atoms with E-state index in [9.17, 15) is 5.11 Å². The van der Waals surface area contributed by atoms with Crippen LogP contribution in [0.15, 0.2) is 0 Å². The summed E-state index contributed by atoms with van der Waals surface area (Å²) >= 11 is 10.5. The summed E-state index contributed by atoms with van der Waals surface area (Å²) in [5.74, 6) is 0. The highest BCUT2D eigenvalue weighted by molar-refractivity contribution is 9.13. The third-order valence-corrected chi connectivity index (χ3v) is 6.59. The Morgan fingerprint density at radius 3 is 2.10 bits per heavy atom. The molecule has 1 fully saturated rings. The van der Waals surface area contributed by atoms with Crippen molar-refractivity contribution < 1.29 is 5.11 Å². The first kappa shape index (κ1) is 9.49. The Morgan fingerprint density at radius 1 is 1.00 bits per heavy atom. The molecule has 4 heteroatoms. The van der Waals surface area contributed by atoms with Crippen LogP contribution in [0.2, 0.25) is 0 Å². The fourth-order valence-corrected chi connectivity index (χ4v) is 3.31. The van der Waals surface area contributed by atoms with E-state index in [1.165, 1.54) is 0 Å². The summed E-state index contributed by atoms with van der Waals surface area (Å²) < 4.78 is 0. The van der Waals surface area contributed by atoms with Gasteiger partial charge in [-0.25, -0.2) is 0 Å². The van der Waals surface area contributed by atoms with E-state index in [1.807, 2.05) is 0 Å². The minimum atomic E-state index is -0.196. The molecule has 0 aliphatic heterocycles. The highest BCUT2D eigenvalue weighted by Gasteiger charge is 2.33. The van der Waals surface area contributed by atoms with Gasteiger partial charge < -0.3 is 5.11 Å². The lowest BCUT2D eigenvalue weighted by molar-refractivity contribution is 0.145. The van der Waals surface area contributed by atoms with Crippen LogP contribution >= 0.6 is 47.8 Å². The average Bonchev–Trinajstić information content (AvgIpc) is 1.93. The van der Waals surface area contributed by atoms with Crippen LogP contribution in [0.5, 0.6) is 0 Å². The van der Waals surface area contributed by atoms with Crippen molar-refractivity contribution in [3.63, 3.8) is 0 Å². The lowest BCUT2D eigenvalue weighted by Crippen LogP contribution is -2.39. The molecule has 0 aromatic carbocycles. The van der Waals surface area contributed by atoms with Gasteiger partial charge in [0.25, 0.3) is 0 Å². The predicted octanol–water partition coefficient (Wildman–Crippen LogP) is 2.43. The largest absolute Gasteiger partial charge is 0.392 e. The monoisotopic (exact) mass is 334 g/mol. The maximum Gasteiger partial charge on any atom is 0.0676 e. The SMILES string of the molecule is OC1CCC(Br)C(Br)C1Br. The Bertz CT molecular complexity index is 106. The van der Waals surface area contributed by atoms with E-state index in [1.54, 1.807) is 0 Å². The van der Waals surface area contributed by atoms with Crippen LogP contribution in [0.3, 0.4) is 0 Å². The third kappa shape index (κ3) is 1.96. The first-order valence-electron chi connectivity index (χ1n) is 3.23. The Balaban J connectivity index is 2.52. The summed E-state index contributed by atoms with van der Waals surface area (Å²) in [6.07, 6.45) is 1.73. The summed E-state index contributed by atoms with van der Waals surface area (Å²) in [5, 5.41) is 9.37. The molecule has 0 saturated heterocycles. The molecule has 1 aliphatic rings. The number of hydrogen-bond donors (Lipinski definition) is 1. The van der Waals surface area contributed by atoms with E-state index in [4.69, 9.17) is 0 Å². The Labute approximate surface area is 86.0 Å². The topological polar surface area (TPSA) is 20.2 Å². The van der Waals surface area contributed by atoms with Crippen LogP contribution in [-0.4, -0.2) is 25.7 Å². The molecule has 0 aromatic heterocycles. The van der Waals surface area contributed by atoms with Crippen LogP contribution in [0.25, 0.3) is 0 Å². The second-order valence-electron chi connectivity index (χ2n) is 2.55. The first-order chi connectivity index (χ1) is 4.63. The molecule has 0 amide bonds. The maximum atomic E-state index is 9.37. The molecule has 4 unspecified atom stereocenters. The minimum absolute atomic E-state index is 0.186. The lowest BCUT2D eigenvalue weighted by Gasteiger charge is -2.31. The Morgan fingerprint density at radius 2 is 1.60 bits per heavy atom. The molecule has 10 heavy (non-hydrogen) atoms. The zero-order valence-electron chi connectivity index (χ0n) is 5.30. The van der Waals surface area contributed by atoms with Gasteiger partial charge in [-0.2, -0.15) is 0 Å². The number of hydrogen-bond acceptors (Lipinski definition) is 1. The van der Waals surface area contributed by atoms with Crippen molar-refractivity contribution in [3.8, 4) is 0 Å². The smallest absolute Gasteiger partial charge is 0.0676 e. The molecular weight excluding hydrogens is 328 g/mol. The summed E-state index contributed by atoms with van der Waals surface area (Å²) in [6.45, 7) is 0. The molecule has 1 N–H and O–H groups in total. The van der Waals surface area contributed by atoms with Crippen LogP contribution in [0.4, 0.5) is 0 Å². The Kier molecular flexibility index (Phi) is 3.68. The zero-order valence-corrected chi connectivity index (χ0v) is 10.1. The number of rotatable bonds is 0. The molecule has 1 aliphatic carbocycles. The minimum Gasteiger partial charge on any atom is -0.392 e. The van der Waals surface area contributed by atoms with Crippen molar-refractivity contribution in [2.75, 3.05) is 0 Å². The number of alkyl halides is 3. The van der Waals surface area contributed by atoms with Gasteiger partial charge in [0.15, 0.2) is 0 Å². The fourth-order valence-electron chi connectivity index (χ4n) is 1.06. The molecule has 0 radical (unpaired) electrons. The van der Waals surface area contributed by atoms with E-state index >= 15 is 0 Å². The van der Waals surface area contributed by atoms with Crippen molar-refractivity contribution >= 4 is 47.8 Å². The Hall–Kier alpha value is 1.40. The first-order valence-corrected chi connectivity index (χ1v) is 5.98. The highest BCUT2D eigenvalue weighted by Crippen LogP contribution is 2.34. The summed E-state index contributed by atoms with van der Waals surface area (Å²) in [7, 11) is 0. The second-order valence-corrected chi connectivity index (χ2v) is 5.84. The van der Waals surface area contributed by atoms with Gasteiger partial charge in [0.1, 0.15) is 0 Å². The molecule has 0 aromatic rings. The molecule has 4 atom stereocenters. The van der Waals surface area contributed by atoms with Crippen LogP contribution in [-0.2, 0) is 0 Å². The number of halogens is 3. The van der Waals surface area contributed by atoms with Crippen LogP contribution < -0.4 is 0 Å². The fraction of sp³-hybridized carbons (Fsp3) is 1.00. The molecule has 0 heterocycles. The van der Waals surface area contributed by atoms with Gasteiger partial charge in [0, 0.05) is 9.65 Å². The van der Waals surface area contributed by atoms with Gasteiger partial charge in [0.05, 0.1) is 10.9 Å². The molecule has 0 spiro atoms. The van der Waals surface area contributed by atoms with E-state index in [-0.39, 0.29) is 10.9 Å². The van der Waals surface area contributed by atoms with Crippen LogP contribution in [0.1, 0.15) is 12.8 Å². The third-order valence-electron chi connectivity index (χ3n) is 1.76. The zero-order chi connectivity index (χ0) is 7.72. The quantitative estimate of drug-likeness (QED) is 0.674. The van der Waals surface area contributed by atoms with Crippen molar-refractivity contribution in [1.82, 2.24) is 0 Å². The highest BCUT2D eigenvalue weighted by atomic mass is 79.9. The lowest BCUT2D eigenvalue weighted by atomic mass is 9.98. The standard InChI is InChI=1S/C6H9Br3O/c7-3-1-2-4(10)6(9)5(3)8/h3-6,10H,1-2H2. The van der Waals surface area contributed by atoms with Gasteiger partial charge in [-0.05, 0) is 12.8 Å². The second kappa shape index (κ2) is 3.87. The van der Waals surface area contributed by atoms with Crippen molar-refractivity contribution in [1.29, 1.82) is 0 Å². The van der Waals surface area contributed by atoms with Crippen LogP contribution in [0, 0.1) is 0 Å². The van der Waals surface area contributed by atoms with E-state index in [2.05, 4.69) is 47.8 Å². The van der Waals surface area contributed by atoms with Crippen molar-refractivity contribution in [2.24, 2.45) is 0 Å². The predicted molar refractivity (Wildman–Crippen MR) is 53.4 cm³/mol.